The minimum absolute atomic E-state index is 0.352. The molecule has 0 amide bonds. The molecule has 0 spiro atoms. The van der Waals surface area contributed by atoms with Gasteiger partial charge >= 0.3 is 0 Å². The standard InChI is InChI=1S/C24H22N6/c1-14(2)15(3)27-19-8-17(11-26-13-19)16-4-5-22-20(9-16)24(30-29-22)23-10-18-12-25-7-6-21(18)28-23/h4-14,27-28H,3H2,1-2H3,(H,29,30). The third-order valence-corrected chi connectivity index (χ3v) is 5.31. The maximum Gasteiger partial charge on any atom is 0.116 e. The van der Waals surface area contributed by atoms with Gasteiger partial charge in [-0.3, -0.25) is 15.1 Å². The lowest BCUT2D eigenvalue weighted by molar-refractivity contribution is 0.778. The smallest absolute Gasteiger partial charge is 0.116 e. The molecule has 0 bridgehead atoms. The molecular formula is C24H22N6. The molecule has 0 aliphatic rings. The van der Waals surface area contributed by atoms with Gasteiger partial charge in [0.1, 0.15) is 5.69 Å². The summed E-state index contributed by atoms with van der Waals surface area (Å²) < 4.78 is 0. The van der Waals surface area contributed by atoms with Crippen molar-refractivity contribution in [2.45, 2.75) is 13.8 Å². The van der Waals surface area contributed by atoms with E-state index in [4.69, 9.17) is 0 Å². The molecule has 4 aromatic heterocycles. The van der Waals surface area contributed by atoms with Gasteiger partial charge in [-0.1, -0.05) is 26.5 Å². The normalized spacial score (nSPS) is 11.4. The third kappa shape index (κ3) is 3.22. The van der Waals surface area contributed by atoms with Crippen molar-refractivity contribution in [1.29, 1.82) is 0 Å². The fraction of sp³-hybridized carbons (Fsp3) is 0.125. The average molecular weight is 394 g/mol. The van der Waals surface area contributed by atoms with E-state index in [2.05, 4.69) is 81.2 Å². The quantitative estimate of drug-likeness (QED) is 0.354. The number of fused-ring (bicyclic) bond motifs is 2. The van der Waals surface area contributed by atoms with Crippen molar-refractivity contribution in [3.05, 3.63) is 73.5 Å². The predicted octanol–water partition coefficient (Wildman–Crippen LogP) is 5.75. The molecule has 148 valence electrons. The highest BCUT2D eigenvalue weighted by Gasteiger charge is 2.13. The minimum Gasteiger partial charge on any atom is -0.358 e. The summed E-state index contributed by atoms with van der Waals surface area (Å²) >= 11 is 0. The molecule has 5 rings (SSSR count). The van der Waals surface area contributed by atoms with Gasteiger partial charge < -0.3 is 10.3 Å². The minimum atomic E-state index is 0.352. The monoisotopic (exact) mass is 394 g/mol. The average Bonchev–Trinajstić information content (AvgIpc) is 3.37. The maximum atomic E-state index is 4.56. The lowest BCUT2D eigenvalue weighted by Gasteiger charge is -2.13. The van der Waals surface area contributed by atoms with Crippen LogP contribution in [0.5, 0.6) is 0 Å². The lowest BCUT2D eigenvalue weighted by atomic mass is 10.0. The highest BCUT2D eigenvalue weighted by Crippen LogP contribution is 2.32. The number of rotatable bonds is 5. The van der Waals surface area contributed by atoms with Gasteiger partial charge in [0.05, 0.1) is 23.1 Å². The molecule has 3 N–H and O–H groups in total. The fourth-order valence-electron chi connectivity index (χ4n) is 3.49. The van der Waals surface area contributed by atoms with Crippen molar-refractivity contribution < 1.29 is 0 Å². The van der Waals surface area contributed by atoms with Crippen LogP contribution >= 0.6 is 0 Å². The molecular weight excluding hydrogens is 372 g/mol. The second-order valence-electron chi connectivity index (χ2n) is 7.75. The van der Waals surface area contributed by atoms with Gasteiger partial charge in [0, 0.05) is 46.1 Å². The van der Waals surface area contributed by atoms with Crippen LogP contribution in [0.3, 0.4) is 0 Å². The number of hydrogen-bond acceptors (Lipinski definition) is 4. The second kappa shape index (κ2) is 7.15. The Balaban J connectivity index is 1.55. The number of aromatic nitrogens is 5. The first-order valence-electron chi connectivity index (χ1n) is 9.91. The molecule has 0 aliphatic carbocycles. The summed E-state index contributed by atoms with van der Waals surface area (Å²) in [6.07, 6.45) is 7.33. The third-order valence-electron chi connectivity index (χ3n) is 5.31. The first-order chi connectivity index (χ1) is 14.6. The largest absolute Gasteiger partial charge is 0.358 e. The Labute approximate surface area is 174 Å². The highest BCUT2D eigenvalue weighted by atomic mass is 15.1. The molecule has 0 radical (unpaired) electrons. The van der Waals surface area contributed by atoms with Crippen LogP contribution in [0.1, 0.15) is 13.8 Å². The number of allylic oxidation sites excluding steroid dienone is 1. The Bertz CT molecular complexity index is 1340. The molecule has 6 heteroatoms. The predicted molar refractivity (Wildman–Crippen MR) is 122 cm³/mol. The Morgan fingerprint density at radius 2 is 1.87 bits per heavy atom. The van der Waals surface area contributed by atoms with E-state index in [0.29, 0.717) is 5.92 Å². The summed E-state index contributed by atoms with van der Waals surface area (Å²) in [6, 6.07) is 12.4. The second-order valence-corrected chi connectivity index (χ2v) is 7.75. The van der Waals surface area contributed by atoms with Gasteiger partial charge in [0.15, 0.2) is 0 Å². The molecule has 0 aliphatic heterocycles. The van der Waals surface area contributed by atoms with E-state index in [1.807, 2.05) is 24.7 Å². The Morgan fingerprint density at radius 1 is 0.967 bits per heavy atom. The van der Waals surface area contributed by atoms with E-state index in [0.717, 1.165) is 55.7 Å². The number of nitrogens with zero attached hydrogens (tertiary/aromatic N) is 3. The SMILES string of the molecule is C=C(Nc1cncc(-c2ccc3[nH]nc(-c4cc5cnccc5[nH]4)c3c2)c1)C(C)C. The number of anilines is 1. The van der Waals surface area contributed by atoms with E-state index in [1.165, 1.54) is 0 Å². The summed E-state index contributed by atoms with van der Waals surface area (Å²) in [6.45, 7) is 8.31. The van der Waals surface area contributed by atoms with Crippen LogP contribution in [0.4, 0.5) is 5.69 Å². The van der Waals surface area contributed by atoms with Gasteiger partial charge in [-0.25, -0.2) is 0 Å². The van der Waals surface area contributed by atoms with Crippen LogP contribution in [0.25, 0.3) is 44.3 Å². The number of H-pyrrole nitrogens is 2. The van der Waals surface area contributed by atoms with Gasteiger partial charge in [0.2, 0.25) is 0 Å². The van der Waals surface area contributed by atoms with Crippen molar-refractivity contribution >= 4 is 27.5 Å². The zero-order valence-electron chi connectivity index (χ0n) is 16.9. The topological polar surface area (TPSA) is 82.3 Å². The Hall–Kier alpha value is -3.93. The summed E-state index contributed by atoms with van der Waals surface area (Å²) in [5, 5.41) is 13.2. The lowest BCUT2D eigenvalue weighted by Crippen LogP contribution is -2.04. The van der Waals surface area contributed by atoms with Gasteiger partial charge in [-0.05, 0) is 41.8 Å². The molecule has 4 heterocycles. The first-order valence-corrected chi connectivity index (χ1v) is 9.91. The number of benzene rings is 1. The Morgan fingerprint density at radius 3 is 2.70 bits per heavy atom. The molecule has 0 fully saturated rings. The first kappa shape index (κ1) is 18.1. The zero-order valence-corrected chi connectivity index (χ0v) is 16.9. The molecule has 0 saturated carbocycles. The van der Waals surface area contributed by atoms with E-state index < -0.39 is 0 Å². The molecule has 0 saturated heterocycles. The van der Waals surface area contributed by atoms with E-state index in [1.54, 1.807) is 6.20 Å². The van der Waals surface area contributed by atoms with Crippen molar-refractivity contribution in [3.63, 3.8) is 0 Å². The molecule has 0 unspecified atom stereocenters. The summed E-state index contributed by atoms with van der Waals surface area (Å²) in [5.74, 6) is 0.352. The van der Waals surface area contributed by atoms with Crippen molar-refractivity contribution in [3.8, 4) is 22.5 Å². The summed E-state index contributed by atoms with van der Waals surface area (Å²) in [7, 11) is 0. The fourth-order valence-corrected chi connectivity index (χ4v) is 3.49. The summed E-state index contributed by atoms with van der Waals surface area (Å²) in [4.78, 5) is 12.0. The molecule has 30 heavy (non-hydrogen) atoms. The van der Waals surface area contributed by atoms with E-state index in [-0.39, 0.29) is 0 Å². The molecule has 1 aromatic carbocycles. The highest BCUT2D eigenvalue weighted by molar-refractivity contribution is 5.97. The van der Waals surface area contributed by atoms with Crippen LogP contribution in [-0.2, 0) is 0 Å². The number of pyridine rings is 2. The van der Waals surface area contributed by atoms with Crippen molar-refractivity contribution in [1.82, 2.24) is 25.1 Å². The van der Waals surface area contributed by atoms with Crippen LogP contribution in [0.2, 0.25) is 0 Å². The van der Waals surface area contributed by atoms with Crippen LogP contribution in [0.15, 0.2) is 73.5 Å². The van der Waals surface area contributed by atoms with E-state index in [9.17, 15) is 0 Å². The number of aromatic amines is 2. The van der Waals surface area contributed by atoms with Gasteiger partial charge in [-0.2, -0.15) is 5.10 Å². The van der Waals surface area contributed by atoms with Gasteiger partial charge in [0.25, 0.3) is 0 Å². The number of hydrogen-bond donors (Lipinski definition) is 3. The molecule has 6 nitrogen and oxygen atoms in total. The van der Waals surface area contributed by atoms with Crippen LogP contribution in [-0.4, -0.2) is 25.1 Å². The van der Waals surface area contributed by atoms with Crippen molar-refractivity contribution in [2.75, 3.05) is 5.32 Å². The zero-order chi connectivity index (χ0) is 20.7. The van der Waals surface area contributed by atoms with Crippen molar-refractivity contribution in [2.24, 2.45) is 5.92 Å². The van der Waals surface area contributed by atoms with Crippen LogP contribution < -0.4 is 5.32 Å². The maximum absolute atomic E-state index is 4.56. The number of nitrogens with one attached hydrogen (secondary N) is 3. The molecule has 0 atom stereocenters. The van der Waals surface area contributed by atoms with Gasteiger partial charge in [-0.15, -0.1) is 0 Å². The van der Waals surface area contributed by atoms with E-state index >= 15 is 0 Å². The molecule has 5 aromatic rings. The summed E-state index contributed by atoms with van der Waals surface area (Å²) in [5.41, 5.74) is 7.89. The Kier molecular flexibility index (Phi) is 4.32. The van der Waals surface area contributed by atoms with Crippen LogP contribution in [0, 0.1) is 5.92 Å².